The third-order valence-electron chi connectivity index (χ3n) is 3.17. The van der Waals surface area contributed by atoms with Crippen molar-refractivity contribution in [2.45, 2.75) is 45.0 Å². The Morgan fingerprint density at radius 1 is 1.50 bits per heavy atom. The van der Waals surface area contributed by atoms with Gasteiger partial charge in [0.05, 0.1) is 18.3 Å². The summed E-state index contributed by atoms with van der Waals surface area (Å²) in [7, 11) is 0. The topological polar surface area (TPSA) is 38.7 Å². The fourth-order valence-corrected chi connectivity index (χ4v) is 2.51. The highest BCUT2D eigenvalue weighted by Crippen LogP contribution is 2.29. The number of hydrogen-bond donors (Lipinski definition) is 1. The minimum absolute atomic E-state index is 0.167. The summed E-state index contributed by atoms with van der Waals surface area (Å²) >= 11 is 3.42. The van der Waals surface area contributed by atoms with Crippen molar-refractivity contribution in [1.29, 1.82) is 0 Å². The Kier molecular flexibility index (Phi) is 4.65. The quantitative estimate of drug-likeness (QED) is 0.925. The van der Waals surface area contributed by atoms with Crippen molar-refractivity contribution in [3.05, 3.63) is 28.2 Å². The largest absolute Gasteiger partial charge is 0.490 e. The summed E-state index contributed by atoms with van der Waals surface area (Å²) < 4.78 is 12.5. The van der Waals surface area contributed by atoms with E-state index in [9.17, 15) is 5.11 Å². The lowest BCUT2D eigenvalue weighted by molar-refractivity contribution is 0.0256. The molecule has 1 aromatic carbocycles. The van der Waals surface area contributed by atoms with Crippen LogP contribution >= 0.6 is 15.9 Å². The monoisotopic (exact) mass is 314 g/mol. The van der Waals surface area contributed by atoms with Crippen molar-refractivity contribution in [3.8, 4) is 5.75 Å². The van der Waals surface area contributed by atoms with Gasteiger partial charge in [0.25, 0.3) is 0 Å². The molecule has 0 spiro atoms. The summed E-state index contributed by atoms with van der Waals surface area (Å²) in [5.41, 5.74) is 0.809. The van der Waals surface area contributed by atoms with Gasteiger partial charge in [-0.1, -0.05) is 22.0 Å². The zero-order chi connectivity index (χ0) is 13.1. The summed E-state index contributed by atoms with van der Waals surface area (Å²) in [6.45, 7) is 4.37. The number of hydrogen-bond acceptors (Lipinski definition) is 3. The molecule has 100 valence electrons. The van der Waals surface area contributed by atoms with E-state index in [1.54, 1.807) is 6.92 Å². The van der Waals surface area contributed by atoms with E-state index in [1.807, 2.05) is 18.2 Å². The minimum atomic E-state index is -0.531. The van der Waals surface area contributed by atoms with E-state index in [0.717, 1.165) is 28.6 Å². The zero-order valence-corrected chi connectivity index (χ0v) is 12.3. The van der Waals surface area contributed by atoms with Gasteiger partial charge >= 0.3 is 0 Å². The molecule has 0 saturated carbocycles. The molecule has 1 aliphatic rings. The molecule has 4 heteroatoms. The molecule has 0 radical (unpaired) electrons. The smallest absolute Gasteiger partial charge is 0.126 e. The molecular formula is C14H19BrO3. The molecule has 1 fully saturated rings. The Balaban J connectivity index is 2.01. The predicted octanol–water partition coefficient (Wildman–Crippen LogP) is 3.45. The first-order valence-corrected chi connectivity index (χ1v) is 7.11. The maximum atomic E-state index is 9.70. The van der Waals surface area contributed by atoms with E-state index in [1.165, 1.54) is 0 Å². The van der Waals surface area contributed by atoms with E-state index < -0.39 is 6.10 Å². The molecule has 2 unspecified atom stereocenters. The Bertz CT molecular complexity index is 406. The summed E-state index contributed by atoms with van der Waals surface area (Å²) in [5, 5.41) is 9.70. The molecule has 1 saturated heterocycles. The lowest BCUT2D eigenvalue weighted by Gasteiger charge is -2.17. The highest BCUT2D eigenvalue weighted by Gasteiger charge is 2.22. The average molecular weight is 315 g/mol. The van der Waals surface area contributed by atoms with Crippen LogP contribution < -0.4 is 4.74 Å². The third-order valence-corrected chi connectivity index (χ3v) is 3.66. The van der Waals surface area contributed by atoms with Crippen molar-refractivity contribution in [2.24, 2.45) is 0 Å². The summed E-state index contributed by atoms with van der Waals surface area (Å²) in [6.07, 6.45) is 2.10. The van der Waals surface area contributed by atoms with Gasteiger partial charge in [0.15, 0.2) is 0 Å². The standard InChI is InChI=1S/C14H19BrO3/c1-9-3-5-12(18-9)8-17-14-7-11(15)4-6-13(14)10(2)16/h4,6-7,9-10,12,16H,3,5,8H2,1-2H3/t9?,10-,12?/m1/s1. The predicted molar refractivity (Wildman–Crippen MR) is 73.8 cm³/mol. The van der Waals surface area contributed by atoms with E-state index >= 15 is 0 Å². The van der Waals surface area contributed by atoms with Crippen LogP contribution in [-0.4, -0.2) is 23.9 Å². The maximum absolute atomic E-state index is 9.70. The average Bonchev–Trinajstić information content (AvgIpc) is 2.72. The van der Waals surface area contributed by atoms with E-state index in [-0.39, 0.29) is 6.10 Å². The number of rotatable bonds is 4. The Hall–Kier alpha value is -0.580. The number of benzene rings is 1. The minimum Gasteiger partial charge on any atom is -0.490 e. The first-order chi connectivity index (χ1) is 8.56. The van der Waals surface area contributed by atoms with Crippen LogP contribution in [0.4, 0.5) is 0 Å². The highest BCUT2D eigenvalue weighted by atomic mass is 79.9. The molecule has 1 N–H and O–H groups in total. The fraction of sp³-hybridized carbons (Fsp3) is 0.571. The van der Waals surface area contributed by atoms with Gasteiger partial charge in [0.1, 0.15) is 12.4 Å². The van der Waals surface area contributed by atoms with Crippen LogP contribution in [-0.2, 0) is 4.74 Å². The van der Waals surface area contributed by atoms with Gasteiger partial charge in [-0.25, -0.2) is 0 Å². The molecule has 3 nitrogen and oxygen atoms in total. The van der Waals surface area contributed by atoms with Crippen molar-refractivity contribution in [3.63, 3.8) is 0 Å². The molecule has 1 aliphatic heterocycles. The molecule has 0 aromatic heterocycles. The second-order valence-corrected chi connectivity index (χ2v) is 5.73. The molecule has 0 bridgehead atoms. The second-order valence-electron chi connectivity index (χ2n) is 4.82. The van der Waals surface area contributed by atoms with E-state index in [4.69, 9.17) is 9.47 Å². The van der Waals surface area contributed by atoms with E-state index in [2.05, 4.69) is 22.9 Å². The number of ether oxygens (including phenoxy) is 2. The molecular weight excluding hydrogens is 296 g/mol. The molecule has 1 aromatic rings. The maximum Gasteiger partial charge on any atom is 0.126 e. The van der Waals surface area contributed by atoms with Crippen molar-refractivity contribution < 1.29 is 14.6 Å². The molecule has 18 heavy (non-hydrogen) atoms. The lowest BCUT2D eigenvalue weighted by Crippen LogP contribution is -2.18. The Labute approximate surface area is 116 Å². The van der Waals surface area contributed by atoms with Gasteiger partial charge in [-0.3, -0.25) is 0 Å². The molecule has 1 heterocycles. The highest BCUT2D eigenvalue weighted by molar-refractivity contribution is 9.10. The summed E-state index contributed by atoms with van der Waals surface area (Å²) in [4.78, 5) is 0. The van der Waals surface area contributed by atoms with Gasteiger partial charge in [0.2, 0.25) is 0 Å². The Morgan fingerprint density at radius 3 is 2.89 bits per heavy atom. The molecule has 0 amide bonds. The van der Waals surface area contributed by atoms with Crippen molar-refractivity contribution >= 4 is 15.9 Å². The first-order valence-electron chi connectivity index (χ1n) is 6.32. The van der Waals surface area contributed by atoms with Crippen LogP contribution in [0.2, 0.25) is 0 Å². The number of halogens is 1. The van der Waals surface area contributed by atoms with Crippen LogP contribution in [0.25, 0.3) is 0 Å². The lowest BCUT2D eigenvalue weighted by atomic mass is 10.1. The normalized spacial score (nSPS) is 25.1. The first kappa shape index (κ1) is 13.8. The van der Waals surface area contributed by atoms with Crippen LogP contribution in [0.3, 0.4) is 0 Å². The van der Waals surface area contributed by atoms with Gasteiger partial charge < -0.3 is 14.6 Å². The third kappa shape index (κ3) is 3.46. The van der Waals surface area contributed by atoms with Gasteiger partial charge in [-0.15, -0.1) is 0 Å². The molecule has 2 rings (SSSR count). The second kappa shape index (κ2) is 6.04. The van der Waals surface area contributed by atoms with Gasteiger partial charge in [0, 0.05) is 10.0 Å². The zero-order valence-electron chi connectivity index (χ0n) is 10.7. The number of aliphatic hydroxyl groups is 1. The summed E-state index contributed by atoms with van der Waals surface area (Å²) in [6, 6.07) is 5.67. The fourth-order valence-electron chi connectivity index (χ4n) is 2.17. The van der Waals surface area contributed by atoms with Crippen molar-refractivity contribution in [2.75, 3.05) is 6.61 Å². The molecule has 3 atom stereocenters. The van der Waals surface area contributed by atoms with E-state index in [0.29, 0.717) is 12.7 Å². The molecule has 0 aliphatic carbocycles. The van der Waals surface area contributed by atoms with Crippen LogP contribution in [0.15, 0.2) is 22.7 Å². The Morgan fingerprint density at radius 2 is 2.28 bits per heavy atom. The SMILES string of the molecule is CC1CCC(COc2cc(Br)ccc2[C@@H](C)O)O1. The number of aliphatic hydroxyl groups excluding tert-OH is 1. The van der Waals surface area contributed by atoms with Gasteiger partial charge in [-0.05, 0) is 38.8 Å². The van der Waals surface area contributed by atoms with Crippen LogP contribution in [0, 0.1) is 0 Å². The van der Waals surface area contributed by atoms with Crippen molar-refractivity contribution in [1.82, 2.24) is 0 Å². The van der Waals surface area contributed by atoms with Gasteiger partial charge in [-0.2, -0.15) is 0 Å². The summed E-state index contributed by atoms with van der Waals surface area (Å²) in [5.74, 6) is 0.725. The van der Waals surface area contributed by atoms with Crippen LogP contribution in [0.5, 0.6) is 5.75 Å². The van der Waals surface area contributed by atoms with Crippen LogP contribution in [0.1, 0.15) is 38.4 Å².